The third kappa shape index (κ3) is 7.71. The second-order valence-corrected chi connectivity index (χ2v) is 10.8. The van der Waals surface area contributed by atoms with Crippen LogP contribution in [0.5, 0.6) is 5.75 Å². The van der Waals surface area contributed by atoms with E-state index in [1.807, 2.05) is 43.3 Å². The molecule has 2 unspecified atom stereocenters. The van der Waals surface area contributed by atoms with Crippen LogP contribution in [0.4, 0.5) is 0 Å². The van der Waals surface area contributed by atoms with Crippen LogP contribution in [0.1, 0.15) is 118 Å². The fourth-order valence-electron chi connectivity index (χ4n) is 5.09. The number of Topliss-reactive ketones (excluding diaryl/α,β-unsaturated/α-hetero) is 1. The lowest BCUT2D eigenvalue weighted by molar-refractivity contribution is -0.164. The van der Waals surface area contributed by atoms with Gasteiger partial charge in [-0.1, -0.05) is 71.7 Å². The van der Waals surface area contributed by atoms with E-state index in [4.69, 9.17) is 9.47 Å². The quantitative estimate of drug-likeness (QED) is 0.204. The molecule has 6 heteroatoms. The molecule has 1 aliphatic heterocycles. The molecule has 1 aliphatic rings. The van der Waals surface area contributed by atoms with Crippen molar-refractivity contribution < 1.29 is 23.9 Å². The minimum atomic E-state index is -1.04. The Bertz CT molecular complexity index is 1100. The lowest BCUT2D eigenvalue weighted by Crippen LogP contribution is -2.39. The highest BCUT2D eigenvalue weighted by atomic mass is 16.6. The molecule has 1 saturated heterocycles. The summed E-state index contributed by atoms with van der Waals surface area (Å²) < 4.78 is 12.4. The van der Waals surface area contributed by atoms with Crippen LogP contribution in [0, 0.1) is 0 Å². The van der Waals surface area contributed by atoms with Crippen molar-refractivity contribution in [1.29, 1.82) is 0 Å². The average Bonchev–Trinajstić information content (AvgIpc) is 3.47. The SMILES string of the molecule is CCCc1cc(C(=O)CC)cc(CCC)c1OC(C(=O)OC(C)C(=O)N1CCCC1)c1ccc(C(C)C)cc1. The number of aryl methyl sites for hydroxylation is 2. The predicted molar refractivity (Wildman–Crippen MR) is 154 cm³/mol. The van der Waals surface area contributed by atoms with Crippen molar-refractivity contribution >= 4 is 17.7 Å². The summed E-state index contributed by atoms with van der Waals surface area (Å²) in [6.45, 7) is 13.3. The molecule has 0 spiro atoms. The van der Waals surface area contributed by atoms with Crippen LogP contribution < -0.4 is 4.74 Å². The first kappa shape index (κ1) is 30.4. The van der Waals surface area contributed by atoms with Crippen LogP contribution in [0.3, 0.4) is 0 Å². The van der Waals surface area contributed by atoms with Gasteiger partial charge in [-0.15, -0.1) is 0 Å². The molecular formula is C33H45NO5. The Morgan fingerprint density at radius 1 is 0.846 bits per heavy atom. The van der Waals surface area contributed by atoms with E-state index >= 15 is 0 Å². The number of likely N-dealkylation sites (tertiary alicyclic amines) is 1. The Morgan fingerprint density at radius 2 is 1.38 bits per heavy atom. The Hall–Kier alpha value is -3.15. The van der Waals surface area contributed by atoms with E-state index in [9.17, 15) is 14.4 Å². The highest BCUT2D eigenvalue weighted by Crippen LogP contribution is 2.34. The number of esters is 1. The number of carbonyl (C=O) groups is 3. The maximum Gasteiger partial charge on any atom is 0.352 e. The second-order valence-electron chi connectivity index (χ2n) is 10.8. The van der Waals surface area contributed by atoms with Gasteiger partial charge >= 0.3 is 5.97 Å². The number of ether oxygens (including phenoxy) is 2. The Balaban J connectivity index is 2.02. The average molecular weight is 536 g/mol. The maximum absolute atomic E-state index is 13.7. The van der Waals surface area contributed by atoms with Gasteiger partial charge in [0.15, 0.2) is 11.9 Å². The van der Waals surface area contributed by atoms with Crippen molar-refractivity contribution in [3.05, 3.63) is 64.2 Å². The van der Waals surface area contributed by atoms with E-state index in [-0.39, 0.29) is 11.7 Å². The van der Waals surface area contributed by atoms with Crippen molar-refractivity contribution in [2.24, 2.45) is 0 Å². The lowest BCUT2D eigenvalue weighted by Gasteiger charge is -2.26. The third-order valence-corrected chi connectivity index (χ3v) is 7.34. The molecule has 2 aromatic carbocycles. The lowest BCUT2D eigenvalue weighted by atomic mass is 9.95. The van der Waals surface area contributed by atoms with Crippen LogP contribution >= 0.6 is 0 Å². The predicted octanol–water partition coefficient (Wildman–Crippen LogP) is 6.98. The van der Waals surface area contributed by atoms with Crippen molar-refractivity contribution in [2.75, 3.05) is 13.1 Å². The molecule has 1 heterocycles. The molecule has 0 N–H and O–H groups in total. The second kappa shape index (κ2) is 14.3. The van der Waals surface area contributed by atoms with E-state index in [0.29, 0.717) is 42.3 Å². The monoisotopic (exact) mass is 535 g/mol. The Labute approximate surface area is 234 Å². The zero-order chi connectivity index (χ0) is 28.5. The van der Waals surface area contributed by atoms with Crippen molar-refractivity contribution in [3.63, 3.8) is 0 Å². The third-order valence-electron chi connectivity index (χ3n) is 7.34. The van der Waals surface area contributed by atoms with Gasteiger partial charge in [-0.2, -0.15) is 0 Å². The number of rotatable bonds is 13. The maximum atomic E-state index is 13.7. The fraction of sp³-hybridized carbons (Fsp3) is 0.545. The van der Waals surface area contributed by atoms with Crippen LogP contribution in [0.15, 0.2) is 36.4 Å². The minimum Gasteiger partial charge on any atom is -0.473 e. The number of carbonyl (C=O) groups excluding carboxylic acids is 3. The normalized spacial score (nSPS) is 14.8. The Kier molecular flexibility index (Phi) is 11.1. The van der Waals surface area contributed by atoms with Crippen LogP contribution in [0.25, 0.3) is 0 Å². The molecule has 6 nitrogen and oxygen atoms in total. The highest BCUT2D eigenvalue weighted by Gasteiger charge is 2.32. The number of amides is 1. The summed E-state index contributed by atoms with van der Waals surface area (Å²) in [6.07, 6.45) is 3.59. The molecule has 2 aromatic rings. The summed E-state index contributed by atoms with van der Waals surface area (Å²) in [5, 5.41) is 0. The molecule has 0 bridgehead atoms. The van der Waals surface area contributed by atoms with E-state index < -0.39 is 18.2 Å². The van der Waals surface area contributed by atoms with Gasteiger partial charge in [-0.05, 0) is 67.3 Å². The molecule has 1 amide bonds. The van der Waals surface area contributed by atoms with E-state index in [0.717, 1.165) is 55.2 Å². The van der Waals surface area contributed by atoms with Crippen LogP contribution in [-0.2, 0) is 27.2 Å². The molecule has 0 aromatic heterocycles. The van der Waals surface area contributed by atoms with E-state index in [1.54, 1.807) is 11.8 Å². The molecular weight excluding hydrogens is 490 g/mol. The fourth-order valence-corrected chi connectivity index (χ4v) is 5.09. The van der Waals surface area contributed by atoms with Crippen LogP contribution in [-0.4, -0.2) is 41.8 Å². The molecule has 0 radical (unpaired) electrons. The molecule has 2 atom stereocenters. The van der Waals surface area contributed by atoms with E-state index in [1.165, 1.54) is 0 Å². The first-order chi connectivity index (χ1) is 18.7. The topological polar surface area (TPSA) is 72.9 Å². The number of hydrogen-bond acceptors (Lipinski definition) is 5. The van der Waals surface area contributed by atoms with Gasteiger partial charge in [0.1, 0.15) is 5.75 Å². The van der Waals surface area contributed by atoms with Crippen molar-refractivity contribution in [3.8, 4) is 5.75 Å². The molecule has 0 saturated carbocycles. The van der Waals surface area contributed by atoms with Crippen molar-refractivity contribution in [1.82, 2.24) is 4.90 Å². The summed E-state index contributed by atoms with van der Waals surface area (Å²) in [5.74, 6) is 0.311. The first-order valence-electron chi connectivity index (χ1n) is 14.6. The van der Waals surface area contributed by atoms with Gasteiger partial charge in [0, 0.05) is 30.6 Å². The summed E-state index contributed by atoms with van der Waals surface area (Å²) in [6, 6.07) is 11.6. The van der Waals surface area contributed by atoms with E-state index in [2.05, 4.69) is 27.7 Å². The summed E-state index contributed by atoms with van der Waals surface area (Å²) in [5.41, 5.74) is 4.34. The number of ketones is 1. The highest BCUT2D eigenvalue weighted by molar-refractivity contribution is 5.96. The van der Waals surface area contributed by atoms with Gasteiger partial charge in [0.05, 0.1) is 0 Å². The van der Waals surface area contributed by atoms with Gasteiger partial charge in [-0.3, -0.25) is 9.59 Å². The van der Waals surface area contributed by atoms with Gasteiger partial charge in [-0.25, -0.2) is 4.79 Å². The zero-order valence-corrected chi connectivity index (χ0v) is 24.5. The number of nitrogens with zero attached hydrogens (tertiary/aromatic N) is 1. The van der Waals surface area contributed by atoms with Gasteiger partial charge in [0.25, 0.3) is 5.91 Å². The zero-order valence-electron chi connectivity index (χ0n) is 24.5. The van der Waals surface area contributed by atoms with Crippen molar-refractivity contribution in [2.45, 2.75) is 105 Å². The molecule has 0 aliphatic carbocycles. The molecule has 212 valence electrons. The minimum absolute atomic E-state index is 0.0886. The summed E-state index contributed by atoms with van der Waals surface area (Å²) in [7, 11) is 0. The van der Waals surface area contributed by atoms with Gasteiger partial charge < -0.3 is 14.4 Å². The largest absolute Gasteiger partial charge is 0.473 e. The standard InChI is InChI=1S/C33H45NO5/c1-7-12-26-20-28(29(35)9-3)21-27(13-8-2)30(26)39-31(25-16-14-24(15-17-25)22(4)5)33(37)38-23(6)32(36)34-18-10-11-19-34/h14-17,20-23,31H,7-13,18-19H2,1-6H3. The van der Waals surface area contributed by atoms with Crippen LogP contribution in [0.2, 0.25) is 0 Å². The molecule has 1 fully saturated rings. The van der Waals surface area contributed by atoms with Gasteiger partial charge in [0.2, 0.25) is 6.10 Å². The smallest absolute Gasteiger partial charge is 0.352 e. The summed E-state index contributed by atoms with van der Waals surface area (Å²) >= 11 is 0. The number of hydrogen-bond donors (Lipinski definition) is 0. The first-order valence-corrected chi connectivity index (χ1v) is 14.6. The Morgan fingerprint density at radius 3 is 1.87 bits per heavy atom. The molecule has 3 rings (SSSR count). The summed E-state index contributed by atoms with van der Waals surface area (Å²) in [4.78, 5) is 41.0. The number of benzene rings is 2. The molecule has 39 heavy (non-hydrogen) atoms.